The highest BCUT2D eigenvalue weighted by molar-refractivity contribution is 5.73. The van der Waals surface area contributed by atoms with Gasteiger partial charge in [0.1, 0.15) is 0 Å². The molecule has 2 rings (SSSR count). The van der Waals surface area contributed by atoms with Crippen molar-refractivity contribution in [2.45, 2.75) is 45.2 Å². The van der Waals surface area contributed by atoms with E-state index in [1.807, 2.05) is 6.07 Å². The second kappa shape index (κ2) is 10.2. The van der Waals surface area contributed by atoms with Crippen LogP contribution in [-0.4, -0.2) is 42.3 Å². The molecule has 0 aromatic heterocycles. The van der Waals surface area contributed by atoms with Gasteiger partial charge in [0.25, 0.3) is 0 Å². The van der Waals surface area contributed by atoms with E-state index in [9.17, 15) is 4.79 Å². The SMILES string of the molecule is O=C(NCCCO)NCc1cccc(CN2CCCCCC2)c1. The van der Waals surface area contributed by atoms with Crippen LogP contribution in [0.3, 0.4) is 0 Å². The van der Waals surface area contributed by atoms with E-state index in [2.05, 4.69) is 33.7 Å². The molecular formula is C18H29N3O2. The molecule has 0 bridgehead atoms. The van der Waals surface area contributed by atoms with Crippen LogP contribution in [0, 0.1) is 0 Å². The van der Waals surface area contributed by atoms with Crippen molar-refractivity contribution in [3.8, 4) is 0 Å². The Labute approximate surface area is 139 Å². The summed E-state index contributed by atoms with van der Waals surface area (Å²) in [6.45, 7) is 4.50. The number of carbonyl (C=O) groups excluding carboxylic acids is 1. The van der Waals surface area contributed by atoms with Gasteiger partial charge in [-0.05, 0) is 43.5 Å². The summed E-state index contributed by atoms with van der Waals surface area (Å²) in [5.74, 6) is 0. The predicted molar refractivity (Wildman–Crippen MR) is 92.1 cm³/mol. The third-order valence-electron chi connectivity index (χ3n) is 4.17. The summed E-state index contributed by atoms with van der Waals surface area (Å²) in [6.07, 6.45) is 5.89. The van der Waals surface area contributed by atoms with Crippen LogP contribution >= 0.6 is 0 Å². The van der Waals surface area contributed by atoms with Gasteiger partial charge in [0.15, 0.2) is 0 Å². The second-order valence-electron chi connectivity index (χ2n) is 6.20. The molecule has 0 aliphatic carbocycles. The average Bonchev–Trinajstić information content (AvgIpc) is 2.82. The Kier molecular flexibility index (Phi) is 7.90. The van der Waals surface area contributed by atoms with Gasteiger partial charge in [-0.1, -0.05) is 37.1 Å². The molecule has 128 valence electrons. The molecule has 5 nitrogen and oxygen atoms in total. The van der Waals surface area contributed by atoms with Crippen LogP contribution in [0.1, 0.15) is 43.2 Å². The monoisotopic (exact) mass is 319 g/mol. The van der Waals surface area contributed by atoms with Gasteiger partial charge in [-0.25, -0.2) is 4.79 Å². The zero-order valence-corrected chi connectivity index (χ0v) is 13.9. The first-order valence-corrected chi connectivity index (χ1v) is 8.70. The lowest BCUT2D eigenvalue weighted by Crippen LogP contribution is -2.35. The minimum Gasteiger partial charge on any atom is -0.396 e. The number of aliphatic hydroxyl groups is 1. The number of likely N-dealkylation sites (tertiary alicyclic amines) is 1. The van der Waals surface area contributed by atoms with Gasteiger partial charge in [0.2, 0.25) is 0 Å². The van der Waals surface area contributed by atoms with Crippen molar-refractivity contribution in [1.82, 2.24) is 15.5 Å². The Morgan fingerprint density at radius 1 is 1.09 bits per heavy atom. The highest BCUT2D eigenvalue weighted by Crippen LogP contribution is 2.14. The maximum absolute atomic E-state index is 11.6. The number of nitrogens with one attached hydrogen (secondary N) is 2. The number of hydrogen-bond acceptors (Lipinski definition) is 3. The number of rotatable bonds is 7. The number of carbonyl (C=O) groups is 1. The van der Waals surface area contributed by atoms with Crippen LogP contribution in [0.5, 0.6) is 0 Å². The molecule has 1 aliphatic heterocycles. The summed E-state index contributed by atoms with van der Waals surface area (Å²) in [5, 5.41) is 14.3. The summed E-state index contributed by atoms with van der Waals surface area (Å²) >= 11 is 0. The van der Waals surface area contributed by atoms with Crippen molar-refractivity contribution in [2.75, 3.05) is 26.2 Å². The summed E-state index contributed by atoms with van der Waals surface area (Å²) in [7, 11) is 0. The molecule has 0 radical (unpaired) electrons. The highest BCUT2D eigenvalue weighted by atomic mass is 16.3. The third kappa shape index (κ3) is 7.01. The van der Waals surface area contributed by atoms with Gasteiger partial charge >= 0.3 is 6.03 Å². The van der Waals surface area contributed by atoms with E-state index in [0.29, 0.717) is 19.5 Å². The van der Waals surface area contributed by atoms with Gasteiger partial charge in [-0.15, -0.1) is 0 Å². The maximum atomic E-state index is 11.6. The van der Waals surface area contributed by atoms with Crippen LogP contribution in [-0.2, 0) is 13.1 Å². The second-order valence-corrected chi connectivity index (χ2v) is 6.20. The van der Waals surface area contributed by atoms with Gasteiger partial charge in [-0.2, -0.15) is 0 Å². The smallest absolute Gasteiger partial charge is 0.315 e. The first-order valence-electron chi connectivity index (χ1n) is 8.70. The fourth-order valence-electron chi connectivity index (χ4n) is 2.92. The summed E-state index contributed by atoms with van der Waals surface area (Å²) < 4.78 is 0. The van der Waals surface area contributed by atoms with Crippen molar-refractivity contribution >= 4 is 6.03 Å². The van der Waals surface area contributed by atoms with Crippen LogP contribution in [0.4, 0.5) is 4.79 Å². The molecule has 0 saturated carbocycles. The first-order chi connectivity index (χ1) is 11.3. The molecule has 1 fully saturated rings. The van der Waals surface area contributed by atoms with Gasteiger partial charge in [0.05, 0.1) is 0 Å². The van der Waals surface area contributed by atoms with Gasteiger partial charge in [0, 0.05) is 26.2 Å². The topological polar surface area (TPSA) is 64.6 Å². The minimum absolute atomic E-state index is 0.0961. The molecule has 0 atom stereocenters. The minimum atomic E-state index is -0.184. The summed E-state index contributed by atoms with van der Waals surface area (Å²) in [6, 6.07) is 8.26. The molecule has 1 saturated heterocycles. The number of amides is 2. The van der Waals surface area contributed by atoms with Crippen molar-refractivity contribution in [3.05, 3.63) is 35.4 Å². The van der Waals surface area contributed by atoms with Crippen LogP contribution < -0.4 is 10.6 Å². The van der Waals surface area contributed by atoms with Crippen molar-refractivity contribution in [2.24, 2.45) is 0 Å². The van der Waals surface area contributed by atoms with Crippen molar-refractivity contribution < 1.29 is 9.90 Å². The van der Waals surface area contributed by atoms with Gasteiger partial charge < -0.3 is 15.7 Å². The van der Waals surface area contributed by atoms with E-state index in [-0.39, 0.29) is 12.6 Å². The normalized spacial score (nSPS) is 15.9. The Hall–Kier alpha value is -1.59. The molecule has 2 amide bonds. The Morgan fingerprint density at radius 3 is 2.57 bits per heavy atom. The molecule has 1 aromatic carbocycles. The Morgan fingerprint density at radius 2 is 1.83 bits per heavy atom. The summed E-state index contributed by atoms with van der Waals surface area (Å²) in [5.41, 5.74) is 2.43. The van der Waals surface area contributed by atoms with E-state index in [1.54, 1.807) is 0 Å². The molecule has 3 N–H and O–H groups in total. The highest BCUT2D eigenvalue weighted by Gasteiger charge is 2.09. The molecule has 1 aliphatic rings. The molecule has 1 heterocycles. The Balaban J connectivity index is 1.78. The molecule has 23 heavy (non-hydrogen) atoms. The lowest BCUT2D eigenvalue weighted by Gasteiger charge is -2.20. The van der Waals surface area contributed by atoms with E-state index in [1.165, 1.54) is 44.3 Å². The number of urea groups is 1. The van der Waals surface area contributed by atoms with Crippen LogP contribution in [0.25, 0.3) is 0 Å². The molecule has 1 aromatic rings. The zero-order valence-electron chi connectivity index (χ0n) is 13.9. The lowest BCUT2D eigenvalue weighted by molar-refractivity contribution is 0.237. The van der Waals surface area contributed by atoms with Crippen LogP contribution in [0.15, 0.2) is 24.3 Å². The molecule has 0 unspecified atom stereocenters. The van der Waals surface area contributed by atoms with E-state index >= 15 is 0 Å². The number of nitrogens with zero attached hydrogens (tertiary/aromatic N) is 1. The van der Waals surface area contributed by atoms with Gasteiger partial charge in [-0.3, -0.25) is 4.90 Å². The zero-order chi connectivity index (χ0) is 16.3. The lowest BCUT2D eigenvalue weighted by atomic mass is 10.1. The van der Waals surface area contributed by atoms with E-state index < -0.39 is 0 Å². The van der Waals surface area contributed by atoms with Crippen molar-refractivity contribution in [1.29, 1.82) is 0 Å². The third-order valence-corrected chi connectivity index (χ3v) is 4.17. The first kappa shape index (κ1) is 17.8. The van der Waals surface area contributed by atoms with E-state index in [0.717, 1.165) is 12.1 Å². The number of aliphatic hydroxyl groups excluding tert-OH is 1. The number of benzene rings is 1. The predicted octanol–water partition coefficient (Wildman–Crippen LogP) is 2.24. The fourth-order valence-corrected chi connectivity index (χ4v) is 2.92. The van der Waals surface area contributed by atoms with Crippen molar-refractivity contribution in [3.63, 3.8) is 0 Å². The average molecular weight is 319 g/mol. The maximum Gasteiger partial charge on any atom is 0.315 e. The van der Waals surface area contributed by atoms with Crippen LogP contribution in [0.2, 0.25) is 0 Å². The number of hydrogen-bond donors (Lipinski definition) is 3. The largest absolute Gasteiger partial charge is 0.396 e. The fraction of sp³-hybridized carbons (Fsp3) is 0.611. The summed E-state index contributed by atoms with van der Waals surface area (Å²) in [4.78, 5) is 14.1. The molecule has 0 spiro atoms. The quantitative estimate of drug-likeness (QED) is 0.675. The molecule has 5 heteroatoms. The molecular weight excluding hydrogens is 290 g/mol. The standard InChI is InChI=1S/C18H29N3O2/c22-12-6-9-19-18(23)20-14-16-7-5-8-17(13-16)15-21-10-3-1-2-4-11-21/h5,7-8,13,22H,1-4,6,9-12,14-15H2,(H2,19,20,23). The Bertz CT molecular complexity index is 471. The van der Waals surface area contributed by atoms with E-state index in [4.69, 9.17) is 5.11 Å².